The lowest BCUT2D eigenvalue weighted by atomic mass is 9.90. The molecule has 0 fully saturated rings. The Hall–Kier alpha value is -2.49. The van der Waals surface area contributed by atoms with Gasteiger partial charge in [0.25, 0.3) is 0 Å². The molecule has 0 aliphatic heterocycles. The number of pyridine rings is 1. The predicted molar refractivity (Wildman–Crippen MR) is 129 cm³/mol. The highest BCUT2D eigenvalue weighted by molar-refractivity contribution is 6.31. The maximum absolute atomic E-state index is 9.58. The van der Waals surface area contributed by atoms with Gasteiger partial charge in [-0.2, -0.15) is 10.4 Å². The van der Waals surface area contributed by atoms with Crippen LogP contribution in [0.2, 0.25) is 5.04 Å². The fraction of sp³-hybridized carbons (Fsp3) is 0.480. The molecule has 0 N–H and O–H groups in total. The van der Waals surface area contributed by atoms with E-state index in [0.717, 1.165) is 33.7 Å². The molecule has 2 aromatic heterocycles. The highest BCUT2D eigenvalue weighted by Gasteiger charge is 2.27. The molecule has 1 aromatic carbocycles. The van der Waals surface area contributed by atoms with Crippen LogP contribution in [0.4, 0.5) is 0 Å². The quantitative estimate of drug-likeness (QED) is 0.467. The van der Waals surface area contributed by atoms with E-state index in [1.54, 1.807) is 0 Å². The first kappa shape index (κ1) is 23.2. The normalized spacial score (nSPS) is 13.9. The van der Waals surface area contributed by atoms with Gasteiger partial charge in [-0.1, -0.05) is 58.9 Å². The molecule has 0 bridgehead atoms. The molecule has 1 unspecified atom stereocenters. The third kappa shape index (κ3) is 5.05. The van der Waals surface area contributed by atoms with E-state index < -0.39 is 15.4 Å². The predicted octanol–water partition coefficient (Wildman–Crippen LogP) is 5.70. The van der Waals surface area contributed by atoms with E-state index in [9.17, 15) is 5.26 Å². The van der Waals surface area contributed by atoms with Crippen molar-refractivity contribution in [3.63, 3.8) is 0 Å². The lowest BCUT2D eigenvalue weighted by Gasteiger charge is -2.31. The zero-order valence-electron chi connectivity index (χ0n) is 20.0. The molecule has 0 aliphatic carbocycles. The van der Waals surface area contributed by atoms with Crippen LogP contribution in [0.1, 0.15) is 84.2 Å². The third-order valence-electron chi connectivity index (χ3n) is 5.44. The second-order valence-corrected chi connectivity index (χ2v) is 13.0. The number of nitriles is 1. The van der Waals surface area contributed by atoms with Crippen LogP contribution in [0.25, 0.3) is 16.8 Å². The molecule has 3 rings (SSSR count). The van der Waals surface area contributed by atoms with Crippen LogP contribution in [-0.4, -0.2) is 24.4 Å². The van der Waals surface area contributed by atoms with Crippen molar-refractivity contribution in [2.45, 2.75) is 77.9 Å². The lowest BCUT2D eigenvalue weighted by molar-refractivity contribution is 0.109. The molecule has 3 aromatic rings. The Morgan fingerprint density at radius 2 is 1.74 bits per heavy atom. The van der Waals surface area contributed by atoms with Crippen LogP contribution in [0, 0.1) is 11.3 Å². The summed E-state index contributed by atoms with van der Waals surface area (Å²) in [5.41, 5.74) is 4.45. The minimum absolute atomic E-state index is 0.205. The zero-order chi connectivity index (χ0) is 23.0. The maximum atomic E-state index is 9.58. The van der Waals surface area contributed by atoms with Gasteiger partial charge in [0.05, 0.1) is 17.6 Å². The number of hydrogen-bond acceptors (Lipinski definition) is 4. The van der Waals surface area contributed by atoms with Gasteiger partial charge in [-0.05, 0) is 43.0 Å². The van der Waals surface area contributed by atoms with Gasteiger partial charge in [-0.15, -0.1) is 0 Å². The van der Waals surface area contributed by atoms with E-state index in [4.69, 9.17) is 14.5 Å². The van der Waals surface area contributed by atoms with Crippen molar-refractivity contribution < 1.29 is 4.43 Å². The molecule has 0 saturated heterocycles. The molecule has 31 heavy (non-hydrogen) atoms. The first-order valence-corrected chi connectivity index (χ1v) is 12.2. The van der Waals surface area contributed by atoms with Gasteiger partial charge in [-0.25, -0.2) is 9.50 Å². The summed E-state index contributed by atoms with van der Waals surface area (Å²) >= 11 is 0. The van der Waals surface area contributed by atoms with Gasteiger partial charge >= 0.3 is 0 Å². The smallest absolute Gasteiger partial charge is 0.168 e. The van der Waals surface area contributed by atoms with Crippen molar-refractivity contribution in [3.8, 4) is 17.2 Å². The summed E-state index contributed by atoms with van der Waals surface area (Å²) in [6.07, 6.45) is 2.05. The Labute approximate surface area is 188 Å². The van der Waals surface area contributed by atoms with Gasteiger partial charge in [0.1, 0.15) is 0 Å². The molecule has 5 nitrogen and oxygen atoms in total. The summed E-state index contributed by atoms with van der Waals surface area (Å²) in [6, 6.07) is 12.7. The average molecular weight is 435 g/mol. The van der Waals surface area contributed by atoms with Crippen molar-refractivity contribution in [2.24, 2.45) is 0 Å². The molecule has 164 valence electrons. The zero-order valence-corrected chi connectivity index (χ0v) is 21.4. The fourth-order valence-electron chi connectivity index (χ4n) is 3.44. The van der Waals surface area contributed by atoms with E-state index in [1.807, 2.05) is 35.8 Å². The van der Waals surface area contributed by atoms with Gasteiger partial charge < -0.3 is 4.43 Å². The second-order valence-electron chi connectivity index (χ2n) is 10.3. The molecule has 6 heteroatoms. The van der Waals surface area contributed by atoms with E-state index in [0.29, 0.717) is 0 Å². The summed E-state index contributed by atoms with van der Waals surface area (Å²) in [7, 11) is -0.745. The Balaban J connectivity index is 2.24. The molecule has 0 amide bonds. The Kier molecular flexibility index (Phi) is 6.40. The molecule has 0 radical (unpaired) electrons. The topological polar surface area (TPSA) is 63.2 Å². The number of aromatic nitrogens is 3. The first-order valence-electron chi connectivity index (χ1n) is 11.0. The minimum atomic E-state index is -0.745. The number of hydrogen-bond donors (Lipinski definition) is 0. The molecule has 0 spiro atoms. The molecule has 0 aliphatic rings. The van der Waals surface area contributed by atoms with Crippen LogP contribution in [0.5, 0.6) is 0 Å². The molecule has 1 atom stereocenters. The summed E-state index contributed by atoms with van der Waals surface area (Å²) in [5.74, 6) is 0.819. The number of rotatable bonds is 6. The largest absolute Gasteiger partial charge is 0.414 e. The van der Waals surface area contributed by atoms with E-state index in [-0.39, 0.29) is 16.9 Å². The maximum Gasteiger partial charge on any atom is 0.168 e. The number of benzene rings is 1. The summed E-state index contributed by atoms with van der Waals surface area (Å²) in [6.45, 7) is 17.1. The number of fused-ring (bicyclic) bond motifs is 1. The number of nitrogens with zero attached hydrogens (tertiary/aromatic N) is 4. The summed E-state index contributed by atoms with van der Waals surface area (Å²) in [4.78, 5) is 4.86. The van der Waals surface area contributed by atoms with Crippen molar-refractivity contribution >= 4 is 15.4 Å². The van der Waals surface area contributed by atoms with Crippen LogP contribution < -0.4 is 0 Å². The summed E-state index contributed by atoms with van der Waals surface area (Å²) in [5, 5.41) is 14.6. The van der Waals surface area contributed by atoms with Crippen LogP contribution in [-0.2, 0) is 10.0 Å². The van der Waals surface area contributed by atoms with Crippen LogP contribution >= 0.6 is 0 Å². The van der Waals surface area contributed by atoms with Crippen molar-refractivity contribution in [1.29, 1.82) is 5.26 Å². The Bertz CT molecular complexity index is 1120. The van der Waals surface area contributed by atoms with Gasteiger partial charge in [0.2, 0.25) is 0 Å². The van der Waals surface area contributed by atoms with Crippen molar-refractivity contribution in [1.82, 2.24) is 14.6 Å². The second kappa shape index (κ2) is 8.56. The molecule has 2 heterocycles. The third-order valence-corrected chi connectivity index (χ3v) is 7.17. The molecular weight excluding hydrogens is 400 g/mol. The average Bonchev–Trinajstić information content (AvgIpc) is 3.15. The lowest BCUT2D eigenvalue weighted by Crippen LogP contribution is -2.28. The van der Waals surface area contributed by atoms with Crippen molar-refractivity contribution in [3.05, 3.63) is 53.5 Å². The molecular formula is C25H34N4OSi. The molecule has 0 saturated carbocycles. The Morgan fingerprint density at radius 3 is 2.35 bits per heavy atom. The van der Waals surface area contributed by atoms with Gasteiger partial charge in [0, 0.05) is 23.2 Å². The summed E-state index contributed by atoms with van der Waals surface area (Å²) < 4.78 is 8.38. The van der Waals surface area contributed by atoms with Crippen LogP contribution in [0.15, 0.2) is 36.5 Å². The van der Waals surface area contributed by atoms with E-state index in [1.165, 1.54) is 0 Å². The standard InChI is InChI=1S/C25H34N4OSi/c1-16(2)22-27-23-21(20-12-10-9-11-19(20)17(3)14-26)13-18(15-29(23)28-22)25(7,8)30-31-24(4,5)6/h9-13,15-17H,31H2,1-8H3. The Morgan fingerprint density at radius 1 is 1.06 bits per heavy atom. The fourth-order valence-corrected chi connectivity index (χ4v) is 4.40. The monoisotopic (exact) mass is 434 g/mol. The highest BCUT2D eigenvalue weighted by atomic mass is 28.2. The van der Waals surface area contributed by atoms with Crippen molar-refractivity contribution in [2.75, 3.05) is 0 Å². The van der Waals surface area contributed by atoms with Crippen LogP contribution in [0.3, 0.4) is 0 Å². The van der Waals surface area contributed by atoms with E-state index in [2.05, 4.69) is 66.7 Å². The minimum Gasteiger partial charge on any atom is -0.414 e. The van der Waals surface area contributed by atoms with E-state index >= 15 is 0 Å². The highest BCUT2D eigenvalue weighted by Crippen LogP contribution is 2.36. The SMILES string of the molecule is CC(C)c1nc2c(-c3ccccc3C(C)C#N)cc(C(C)(C)O[SiH2]C(C)(C)C)cn2n1. The first-order chi connectivity index (χ1) is 14.4. The van der Waals surface area contributed by atoms with Gasteiger partial charge in [0.15, 0.2) is 21.2 Å². The van der Waals surface area contributed by atoms with Gasteiger partial charge in [-0.3, -0.25) is 0 Å².